The molecule has 0 spiro atoms. The number of amides is 3. The fourth-order valence-electron chi connectivity index (χ4n) is 4.17. The van der Waals surface area contributed by atoms with E-state index in [0.29, 0.717) is 16.9 Å². The minimum Gasteiger partial charge on any atom is -0.487 e. The Labute approximate surface area is 205 Å². The summed E-state index contributed by atoms with van der Waals surface area (Å²) in [6.07, 6.45) is -3.09. The summed E-state index contributed by atoms with van der Waals surface area (Å²) in [5.74, 6) is -2.56. The molecule has 3 heterocycles. The van der Waals surface area contributed by atoms with Crippen LogP contribution in [0.25, 0.3) is 5.69 Å². The zero-order chi connectivity index (χ0) is 26.3. The van der Waals surface area contributed by atoms with Crippen molar-refractivity contribution in [3.05, 3.63) is 65.2 Å². The maximum Gasteiger partial charge on any atom is 0.573 e. The molecule has 1 fully saturated rings. The monoisotopic (exact) mass is 519 g/mol. The third-order valence-electron chi connectivity index (χ3n) is 5.83. The molecule has 37 heavy (non-hydrogen) atoms. The maximum absolute atomic E-state index is 14.3. The molecular formula is C23H17F4N5O5. The highest BCUT2D eigenvalue weighted by Crippen LogP contribution is 2.35. The van der Waals surface area contributed by atoms with Gasteiger partial charge in [0.2, 0.25) is 11.8 Å². The number of carbonyl (C=O) groups excluding carboxylic acids is 3. The molecule has 0 aliphatic carbocycles. The molecule has 0 radical (unpaired) electrons. The Morgan fingerprint density at radius 2 is 1.86 bits per heavy atom. The smallest absolute Gasteiger partial charge is 0.487 e. The van der Waals surface area contributed by atoms with Crippen LogP contribution in [0.1, 0.15) is 34.5 Å². The van der Waals surface area contributed by atoms with E-state index in [4.69, 9.17) is 4.74 Å². The lowest BCUT2D eigenvalue weighted by Crippen LogP contribution is -2.52. The number of alkyl halides is 3. The Balaban J connectivity index is 1.29. The fraction of sp³-hybridized carbons (Fsp3) is 0.261. The zero-order valence-electron chi connectivity index (χ0n) is 18.8. The number of benzene rings is 2. The Morgan fingerprint density at radius 1 is 1.11 bits per heavy atom. The minimum absolute atomic E-state index is 0.00487. The van der Waals surface area contributed by atoms with Gasteiger partial charge in [-0.25, -0.2) is 9.07 Å². The summed E-state index contributed by atoms with van der Waals surface area (Å²) in [7, 11) is 0. The summed E-state index contributed by atoms with van der Waals surface area (Å²) < 4.78 is 62.2. The lowest BCUT2D eigenvalue weighted by molar-refractivity contribution is -0.274. The van der Waals surface area contributed by atoms with Crippen LogP contribution < -0.4 is 14.8 Å². The molecule has 1 N–H and O–H groups in total. The van der Waals surface area contributed by atoms with E-state index >= 15 is 0 Å². The van der Waals surface area contributed by atoms with Crippen LogP contribution in [-0.4, -0.2) is 50.0 Å². The number of aromatic nitrogens is 3. The van der Waals surface area contributed by atoms with Crippen molar-refractivity contribution in [2.24, 2.45) is 0 Å². The van der Waals surface area contributed by atoms with Gasteiger partial charge in [0.05, 0.1) is 24.0 Å². The van der Waals surface area contributed by atoms with E-state index in [1.54, 1.807) is 0 Å². The molecular weight excluding hydrogens is 502 g/mol. The van der Waals surface area contributed by atoms with Crippen molar-refractivity contribution >= 4 is 17.7 Å². The van der Waals surface area contributed by atoms with Crippen molar-refractivity contribution in [3.63, 3.8) is 0 Å². The number of ether oxygens (including phenoxy) is 2. The molecule has 3 amide bonds. The zero-order valence-corrected chi connectivity index (χ0v) is 18.8. The Bertz CT molecular complexity index is 1390. The lowest BCUT2D eigenvalue weighted by Gasteiger charge is -2.29. The second-order valence-electron chi connectivity index (χ2n) is 8.31. The van der Waals surface area contributed by atoms with Crippen molar-refractivity contribution in [1.82, 2.24) is 25.2 Å². The van der Waals surface area contributed by atoms with Gasteiger partial charge in [-0.2, -0.15) is 0 Å². The molecule has 1 saturated heterocycles. The molecule has 3 aromatic rings. The molecule has 1 unspecified atom stereocenters. The first kappa shape index (κ1) is 24.2. The SMILES string of the molecule is O=C1CCC(N2Cc3c(OCc4cn(-c5ccc(OC(F)(F)F)cc5)nn4)cc(F)cc3C2=O)C(=O)N1. The van der Waals surface area contributed by atoms with Gasteiger partial charge in [0.25, 0.3) is 5.91 Å². The van der Waals surface area contributed by atoms with Gasteiger partial charge >= 0.3 is 6.36 Å². The highest BCUT2D eigenvalue weighted by molar-refractivity contribution is 6.05. The van der Waals surface area contributed by atoms with Gasteiger partial charge in [-0.3, -0.25) is 19.7 Å². The number of nitrogens with zero attached hydrogens (tertiary/aromatic N) is 4. The fourth-order valence-corrected chi connectivity index (χ4v) is 4.17. The van der Waals surface area contributed by atoms with E-state index in [9.17, 15) is 31.9 Å². The Hall–Kier alpha value is -4.49. The lowest BCUT2D eigenvalue weighted by atomic mass is 10.0. The van der Waals surface area contributed by atoms with Crippen LogP contribution in [0.3, 0.4) is 0 Å². The van der Waals surface area contributed by atoms with Gasteiger partial charge in [0.1, 0.15) is 35.7 Å². The molecule has 0 bridgehead atoms. The van der Waals surface area contributed by atoms with E-state index in [1.807, 2.05) is 0 Å². The number of imide groups is 1. The normalized spacial score (nSPS) is 17.6. The quantitative estimate of drug-likeness (QED) is 0.393. The Morgan fingerprint density at radius 3 is 2.57 bits per heavy atom. The highest BCUT2D eigenvalue weighted by atomic mass is 19.4. The molecule has 192 valence electrons. The van der Waals surface area contributed by atoms with Crippen LogP contribution in [0.5, 0.6) is 11.5 Å². The minimum atomic E-state index is -4.81. The van der Waals surface area contributed by atoms with Crippen LogP contribution >= 0.6 is 0 Å². The number of carbonyl (C=O) groups is 3. The van der Waals surface area contributed by atoms with Gasteiger partial charge < -0.3 is 14.4 Å². The number of hydrogen-bond acceptors (Lipinski definition) is 7. The van der Waals surface area contributed by atoms with Crippen LogP contribution in [0.15, 0.2) is 42.6 Å². The summed E-state index contributed by atoms with van der Waals surface area (Å²) in [6.45, 7) is -0.160. The topological polar surface area (TPSA) is 116 Å². The molecule has 14 heteroatoms. The number of halogens is 4. The predicted octanol–water partition coefficient (Wildman–Crippen LogP) is 2.64. The second-order valence-corrected chi connectivity index (χ2v) is 8.31. The number of hydrogen-bond donors (Lipinski definition) is 1. The number of fused-ring (bicyclic) bond motifs is 1. The second kappa shape index (κ2) is 9.19. The molecule has 1 aromatic heterocycles. The molecule has 5 rings (SSSR count). The molecule has 2 aliphatic rings. The summed E-state index contributed by atoms with van der Waals surface area (Å²) in [6, 6.07) is 6.29. The van der Waals surface area contributed by atoms with E-state index in [-0.39, 0.29) is 43.1 Å². The summed E-state index contributed by atoms with van der Waals surface area (Å²) in [5.41, 5.74) is 1.18. The Kier molecular flexibility index (Phi) is 6.01. The summed E-state index contributed by atoms with van der Waals surface area (Å²) >= 11 is 0. The van der Waals surface area contributed by atoms with Crippen molar-refractivity contribution in [2.75, 3.05) is 0 Å². The van der Waals surface area contributed by atoms with E-state index in [1.165, 1.54) is 27.9 Å². The average Bonchev–Trinajstić information content (AvgIpc) is 3.42. The first-order valence-electron chi connectivity index (χ1n) is 10.9. The maximum atomic E-state index is 14.3. The van der Waals surface area contributed by atoms with E-state index < -0.39 is 35.9 Å². The van der Waals surface area contributed by atoms with Gasteiger partial charge in [-0.05, 0) is 36.8 Å². The van der Waals surface area contributed by atoms with Crippen LogP contribution in [0, 0.1) is 5.82 Å². The van der Waals surface area contributed by atoms with Crippen LogP contribution in [0.2, 0.25) is 0 Å². The molecule has 2 aromatic carbocycles. The molecule has 10 nitrogen and oxygen atoms in total. The van der Waals surface area contributed by atoms with Crippen molar-refractivity contribution in [1.29, 1.82) is 0 Å². The van der Waals surface area contributed by atoms with E-state index in [0.717, 1.165) is 24.3 Å². The summed E-state index contributed by atoms with van der Waals surface area (Å²) in [5, 5.41) is 10.1. The van der Waals surface area contributed by atoms with Crippen LogP contribution in [-0.2, 0) is 22.7 Å². The van der Waals surface area contributed by atoms with Crippen molar-refractivity contribution < 1.29 is 41.4 Å². The standard InChI is InChI=1S/C23H17F4N5O5/c24-12-7-16-17(10-31(22(16)35)18-5-6-20(33)28-21(18)34)19(8-12)36-11-13-9-32(30-29-13)14-1-3-15(4-2-14)37-23(25,26)27/h1-4,7-9,18H,5-6,10-11H2,(H,28,33,34). The van der Waals surface area contributed by atoms with Crippen molar-refractivity contribution in [3.8, 4) is 17.2 Å². The first-order valence-corrected chi connectivity index (χ1v) is 10.9. The molecule has 0 saturated carbocycles. The number of piperidine rings is 1. The van der Waals surface area contributed by atoms with Gasteiger partial charge in [0, 0.05) is 18.1 Å². The molecule has 1 atom stereocenters. The highest BCUT2D eigenvalue weighted by Gasteiger charge is 2.40. The summed E-state index contributed by atoms with van der Waals surface area (Å²) in [4.78, 5) is 37.9. The third-order valence-corrected chi connectivity index (χ3v) is 5.83. The van der Waals surface area contributed by atoms with E-state index in [2.05, 4.69) is 20.4 Å². The predicted molar refractivity (Wildman–Crippen MR) is 115 cm³/mol. The van der Waals surface area contributed by atoms with Gasteiger partial charge in [-0.15, -0.1) is 18.3 Å². The van der Waals surface area contributed by atoms with Crippen molar-refractivity contribution in [2.45, 2.75) is 38.4 Å². The molecule has 2 aliphatic heterocycles. The average molecular weight is 519 g/mol. The van der Waals surface area contributed by atoms with Gasteiger partial charge in [0.15, 0.2) is 0 Å². The largest absolute Gasteiger partial charge is 0.573 e. The van der Waals surface area contributed by atoms with Gasteiger partial charge in [-0.1, -0.05) is 5.21 Å². The number of rotatable bonds is 6. The van der Waals surface area contributed by atoms with Crippen LogP contribution in [0.4, 0.5) is 17.6 Å². The number of nitrogens with one attached hydrogen (secondary N) is 1. The first-order chi connectivity index (χ1) is 17.6. The third kappa shape index (κ3) is 5.08.